The number of hydrogen-bond donors (Lipinski definition) is 1. The molecule has 0 amide bonds. The van der Waals surface area contributed by atoms with E-state index in [1.165, 1.54) is 44.9 Å². The predicted molar refractivity (Wildman–Crippen MR) is 147 cm³/mol. The van der Waals surface area contributed by atoms with Crippen molar-refractivity contribution < 1.29 is 9.84 Å². The molecular formula is C27H43N3O2S2. The number of phenolic OH excluding ortho intramolecular Hbond substituents is 1. The summed E-state index contributed by atoms with van der Waals surface area (Å²) in [7, 11) is 0. The zero-order valence-electron chi connectivity index (χ0n) is 22.3. The van der Waals surface area contributed by atoms with E-state index in [0.717, 1.165) is 16.9 Å². The maximum absolute atomic E-state index is 10.9. The van der Waals surface area contributed by atoms with Gasteiger partial charge in [-0.1, -0.05) is 92.3 Å². The second kappa shape index (κ2) is 13.0. The van der Waals surface area contributed by atoms with Crippen LogP contribution >= 0.6 is 23.5 Å². The summed E-state index contributed by atoms with van der Waals surface area (Å²) in [6, 6.07) is 4.05. The summed E-state index contributed by atoms with van der Waals surface area (Å²) in [4.78, 5) is 13.1. The van der Waals surface area contributed by atoms with Crippen molar-refractivity contribution in [2.45, 2.75) is 114 Å². The molecule has 190 valence electrons. The molecule has 1 aromatic carbocycles. The molecule has 1 heterocycles. The number of aromatic nitrogens is 3. The van der Waals surface area contributed by atoms with Crippen molar-refractivity contribution in [3.63, 3.8) is 0 Å². The van der Waals surface area contributed by atoms with Gasteiger partial charge in [-0.15, -0.1) is 11.8 Å². The number of aromatic hydroxyl groups is 1. The second-order valence-electron chi connectivity index (χ2n) is 10.8. The molecule has 34 heavy (non-hydrogen) atoms. The zero-order valence-corrected chi connectivity index (χ0v) is 23.9. The molecule has 0 bridgehead atoms. The molecule has 0 aliphatic rings. The first-order valence-electron chi connectivity index (χ1n) is 12.4. The van der Waals surface area contributed by atoms with E-state index in [1.807, 2.05) is 23.9 Å². The fraction of sp³-hybridized carbons (Fsp3) is 0.667. The van der Waals surface area contributed by atoms with Crippen LogP contribution < -0.4 is 4.74 Å². The van der Waals surface area contributed by atoms with E-state index >= 15 is 0 Å². The van der Waals surface area contributed by atoms with Crippen LogP contribution in [-0.4, -0.2) is 30.4 Å². The van der Waals surface area contributed by atoms with E-state index in [9.17, 15) is 5.11 Å². The van der Waals surface area contributed by atoms with Gasteiger partial charge in [0.05, 0.1) is 4.58 Å². The summed E-state index contributed by atoms with van der Waals surface area (Å²) < 4.78 is 6.44. The van der Waals surface area contributed by atoms with Gasteiger partial charge in [0.25, 0.3) is 0 Å². The molecule has 1 atom stereocenters. The molecule has 1 aromatic heterocycles. The van der Waals surface area contributed by atoms with Crippen LogP contribution in [0.1, 0.15) is 105 Å². The number of nitrogens with zero attached hydrogens (tertiary/aromatic N) is 3. The van der Waals surface area contributed by atoms with Crippen molar-refractivity contribution in [2.24, 2.45) is 0 Å². The first-order chi connectivity index (χ1) is 15.9. The van der Waals surface area contributed by atoms with Crippen LogP contribution in [-0.2, 0) is 10.8 Å². The normalized spacial score (nSPS) is 13.2. The Bertz CT molecular complexity index is 872. The van der Waals surface area contributed by atoms with Crippen molar-refractivity contribution in [3.05, 3.63) is 29.6 Å². The monoisotopic (exact) mass is 505 g/mol. The number of benzene rings is 1. The van der Waals surface area contributed by atoms with Gasteiger partial charge in [0.15, 0.2) is 5.16 Å². The van der Waals surface area contributed by atoms with Gasteiger partial charge in [-0.2, -0.15) is 9.97 Å². The summed E-state index contributed by atoms with van der Waals surface area (Å²) in [6.07, 6.45) is 9.42. The SMILES string of the molecule is CCCCCCCCSC(C)Sc1ncnc(Oc2cc(C(C)(C)C)c(O)c(C(C)(C)C)c2)n1. The highest BCUT2D eigenvalue weighted by Crippen LogP contribution is 2.42. The predicted octanol–water partition coefficient (Wildman–Crippen LogP) is 8.50. The lowest BCUT2D eigenvalue weighted by Gasteiger charge is -2.27. The summed E-state index contributed by atoms with van der Waals surface area (Å²) in [6.45, 7) is 17.0. The van der Waals surface area contributed by atoms with Gasteiger partial charge in [0, 0.05) is 11.1 Å². The average Bonchev–Trinajstić information content (AvgIpc) is 2.73. The molecule has 0 aliphatic heterocycles. The molecule has 1 N–H and O–H groups in total. The quantitative estimate of drug-likeness (QED) is 0.176. The Hall–Kier alpha value is -1.47. The van der Waals surface area contributed by atoms with E-state index in [0.29, 0.717) is 21.2 Å². The second-order valence-corrected chi connectivity index (χ2v) is 13.9. The minimum atomic E-state index is -0.230. The maximum Gasteiger partial charge on any atom is 0.325 e. The molecule has 2 rings (SSSR count). The van der Waals surface area contributed by atoms with Crippen LogP contribution in [0.25, 0.3) is 0 Å². The minimum absolute atomic E-state index is 0.230. The zero-order chi connectivity index (χ0) is 25.4. The lowest BCUT2D eigenvalue weighted by atomic mass is 9.79. The number of ether oxygens (including phenoxy) is 1. The molecule has 5 nitrogen and oxygen atoms in total. The third-order valence-electron chi connectivity index (χ3n) is 5.56. The van der Waals surface area contributed by atoms with E-state index < -0.39 is 0 Å². The van der Waals surface area contributed by atoms with Crippen LogP contribution in [0.5, 0.6) is 17.5 Å². The van der Waals surface area contributed by atoms with E-state index in [-0.39, 0.29) is 16.8 Å². The number of rotatable bonds is 12. The standard InChI is InChI=1S/C27H43N3O2S2/c1-9-10-11-12-13-14-15-33-19(2)34-25-29-18-28-24(30-25)32-20-16-21(26(3,4)5)23(31)22(17-20)27(6,7)8/h16-19,31H,9-15H2,1-8H3. The smallest absolute Gasteiger partial charge is 0.325 e. The van der Waals surface area contributed by atoms with Crippen LogP contribution in [0.3, 0.4) is 0 Å². The van der Waals surface area contributed by atoms with Crippen molar-refractivity contribution in [3.8, 4) is 17.5 Å². The molecular weight excluding hydrogens is 462 g/mol. The minimum Gasteiger partial charge on any atom is -0.507 e. The number of unbranched alkanes of at least 4 members (excludes halogenated alkanes) is 5. The molecule has 0 spiro atoms. The molecule has 2 aromatic rings. The van der Waals surface area contributed by atoms with Crippen LogP contribution in [0.2, 0.25) is 0 Å². The lowest BCUT2D eigenvalue weighted by molar-refractivity contribution is 0.404. The Morgan fingerprint density at radius 3 is 2.09 bits per heavy atom. The highest BCUT2D eigenvalue weighted by molar-refractivity contribution is 8.16. The van der Waals surface area contributed by atoms with Gasteiger partial charge >= 0.3 is 6.01 Å². The van der Waals surface area contributed by atoms with E-state index in [2.05, 4.69) is 70.3 Å². The Kier molecular flexibility index (Phi) is 11.0. The van der Waals surface area contributed by atoms with Gasteiger partial charge in [0.2, 0.25) is 0 Å². The Labute approximate surface area is 215 Å². The first-order valence-corrected chi connectivity index (χ1v) is 14.4. The van der Waals surface area contributed by atoms with Crippen LogP contribution in [0, 0.1) is 0 Å². The molecule has 7 heteroatoms. The highest BCUT2D eigenvalue weighted by atomic mass is 32.2. The van der Waals surface area contributed by atoms with Crippen LogP contribution in [0.4, 0.5) is 0 Å². The number of phenols is 1. The van der Waals surface area contributed by atoms with Crippen molar-refractivity contribution in [2.75, 3.05) is 5.75 Å². The third-order valence-corrected chi connectivity index (χ3v) is 7.99. The van der Waals surface area contributed by atoms with Crippen LogP contribution in [0.15, 0.2) is 23.6 Å². The van der Waals surface area contributed by atoms with E-state index in [1.54, 1.807) is 11.8 Å². The maximum atomic E-state index is 10.9. The fourth-order valence-electron chi connectivity index (χ4n) is 3.60. The number of thioether (sulfide) groups is 2. The fourth-order valence-corrected chi connectivity index (χ4v) is 5.66. The van der Waals surface area contributed by atoms with Crippen molar-refractivity contribution in [1.82, 2.24) is 15.0 Å². The van der Waals surface area contributed by atoms with E-state index in [4.69, 9.17) is 4.74 Å². The topological polar surface area (TPSA) is 68.1 Å². The average molecular weight is 506 g/mol. The summed E-state index contributed by atoms with van der Waals surface area (Å²) in [5.41, 5.74) is 1.23. The van der Waals surface area contributed by atoms with Gasteiger partial charge in [-0.25, -0.2) is 4.98 Å². The number of hydrogen-bond acceptors (Lipinski definition) is 7. The Balaban J connectivity index is 2.05. The third kappa shape index (κ3) is 9.29. The molecule has 1 unspecified atom stereocenters. The molecule has 0 saturated carbocycles. The van der Waals surface area contributed by atoms with Crippen molar-refractivity contribution in [1.29, 1.82) is 0 Å². The van der Waals surface area contributed by atoms with Gasteiger partial charge in [0.1, 0.15) is 17.8 Å². The highest BCUT2D eigenvalue weighted by Gasteiger charge is 2.27. The molecule has 0 aliphatic carbocycles. The molecule has 0 fully saturated rings. The largest absolute Gasteiger partial charge is 0.507 e. The first kappa shape index (κ1) is 28.8. The lowest BCUT2D eigenvalue weighted by Crippen LogP contribution is -2.17. The summed E-state index contributed by atoms with van der Waals surface area (Å²) >= 11 is 3.59. The Morgan fingerprint density at radius 2 is 1.50 bits per heavy atom. The van der Waals surface area contributed by atoms with Gasteiger partial charge < -0.3 is 9.84 Å². The van der Waals surface area contributed by atoms with Crippen molar-refractivity contribution >= 4 is 23.5 Å². The summed E-state index contributed by atoms with van der Waals surface area (Å²) in [5.74, 6) is 2.11. The molecule has 0 radical (unpaired) electrons. The summed E-state index contributed by atoms with van der Waals surface area (Å²) in [5, 5.41) is 11.6. The molecule has 0 saturated heterocycles. The van der Waals surface area contributed by atoms with Gasteiger partial charge in [-0.3, -0.25) is 0 Å². The Morgan fingerprint density at radius 1 is 0.912 bits per heavy atom. The van der Waals surface area contributed by atoms with Gasteiger partial charge in [-0.05, 0) is 42.1 Å².